The molecule has 6 amide bonds. The molecule has 2 atom stereocenters. The zero-order valence-corrected chi connectivity index (χ0v) is 33.2. The van der Waals surface area contributed by atoms with E-state index in [1.807, 2.05) is 60.7 Å². The Kier molecular flexibility index (Phi) is 11.8. The van der Waals surface area contributed by atoms with Gasteiger partial charge in [-0.25, -0.2) is 9.59 Å². The van der Waals surface area contributed by atoms with Crippen molar-refractivity contribution >= 4 is 59.3 Å². The van der Waals surface area contributed by atoms with Gasteiger partial charge in [0.25, 0.3) is 0 Å². The van der Waals surface area contributed by atoms with Crippen LogP contribution in [0.3, 0.4) is 0 Å². The number of rotatable bonds is 8. The average Bonchev–Trinajstić information content (AvgIpc) is 3.77. The summed E-state index contributed by atoms with van der Waals surface area (Å²) >= 11 is 0. The second-order valence-corrected chi connectivity index (χ2v) is 17.1. The van der Waals surface area contributed by atoms with Gasteiger partial charge in [0.2, 0.25) is 23.6 Å². The van der Waals surface area contributed by atoms with Gasteiger partial charge in [-0.15, -0.1) is 0 Å². The minimum Gasteiger partial charge on any atom is -0.444 e. The SMILES string of the molecule is CC(C)(C)OC(=O)N1CC(C(=O)N2CCC[C@H]2C(=O)Nc2ccc(/C=C/c3ccc(NC(=O)[C@@H]4CCCN4C(=O)C4CN(C(=O)OC(C)(C)C)C4)cc3)cc2)C1. The molecule has 2 aromatic rings. The molecule has 0 bridgehead atoms. The van der Waals surface area contributed by atoms with Crippen LogP contribution in [0.2, 0.25) is 0 Å². The van der Waals surface area contributed by atoms with Crippen molar-refractivity contribution in [1.29, 1.82) is 0 Å². The molecule has 300 valence electrons. The van der Waals surface area contributed by atoms with E-state index in [-0.39, 0.29) is 61.6 Å². The molecule has 4 heterocycles. The highest BCUT2D eigenvalue weighted by molar-refractivity contribution is 5.99. The molecule has 0 saturated carbocycles. The van der Waals surface area contributed by atoms with Crippen LogP contribution in [0.15, 0.2) is 48.5 Å². The van der Waals surface area contributed by atoms with E-state index in [2.05, 4.69) is 10.6 Å². The Hall–Kier alpha value is -5.40. The summed E-state index contributed by atoms with van der Waals surface area (Å²) in [4.78, 5) is 83.9. The first kappa shape index (κ1) is 40.3. The fraction of sp³-hybridized carbons (Fsp3) is 0.524. The number of likely N-dealkylation sites (tertiary alicyclic amines) is 4. The highest BCUT2D eigenvalue weighted by Crippen LogP contribution is 2.29. The van der Waals surface area contributed by atoms with Crippen LogP contribution in [0.1, 0.15) is 78.4 Å². The lowest BCUT2D eigenvalue weighted by molar-refractivity contribution is -0.144. The maximum absolute atomic E-state index is 13.2. The number of ether oxygens (including phenoxy) is 2. The third kappa shape index (κ3) is 9.87. The normalized spacial score (nSPS) is 20.4. The van der Waals surface area contributed by atoms with Gasteiger partial charge in [-0.2, -0.15) is 0 Å². The lowest BCUT2D eigenvalue weighted by Gasteiger charge is -2.41. The third-order valence-electron chi connectivity index (χ3n) is 10.3. The Labute approximate surface area is 328 Å². The Morgan fingerprint density at radius 3 is 1.23 bits per heavy atom. The van der Waals surface area contributed by atoms with E-state index in [4.69, 9.17) is 9.47 Å². The van der Waals surface area contributed by atoms with Crippen LogP contribution >= 0.6 is 0 Å². The summed E-state index contributed by atoms with van der Waals surface area (Å²) in [5, 5.41) is 5.91. The molecule has 4 aliphatic heterocycles. The molecule has 4 fully saturated rings. The third-order valence-corrected chi connectivity index (χ3v) is 10.3. The van der Waals surface area contributed by atoms with E-state index in [1.165, 1.54) is 9.80 Å². The second-order valence-electron chi connectivity index (χ2n) is 17.1. The number of amides is 6. The van der Waals surface area contributed by atoms with Crippen LogP contribution in [0.4, 0.5) is 21.0 Å². The number of hydrogen-bond donors (Lipinski definition) is 2. The largest absolute Gasteiger partial charge is 0.444 e. The first-order chi connectivity index (χ1) is 26.4. The molecule has 56 heavy (non-hydrogen) atoms. The molecule has 0 radical (unpaired) electrons. The van der Waals surface area contributed by atoms with Gasteiger partial charge in [-0.05, 0) is 103 Å². The summed E-state index contributed by atoms with van der Waals surface area (Å²) in [5.74, 6) is -1.35. The summed E-state index contributed by atoms with van der Waals surface area (Å²) < 4.78 is 10.8. The monoisotopic (exact) mass is 770 g/mol. The fourth-order valence-electron chi connectivity index (χ4n) is 7.29. The summed E-state index contributed by atoms with van der Waals surface area (Å²) in [7, 11) is 0. The lowest BCUT2D eigenvalue weighted by atomic mass is 9.98. The minimum absolute atomic E-state index is 0.106. The number of anilines is 2. The molecule has 0 spiro atoms. The fourth-order valence-corrected chi connectivity index (χ4v) is 7.29. The van der Waals surface area contributed by atoms with Crippen LogP contribution in [0, 0.1) is 11.8 Å². The van der Waals surface area contributed by atoms with Gasteiger partial charge < -0.3 is 39.7 Å². The number of nitrogens with zero attached hydrogens (tertiary/aromatic N) is 4. The number of carbonyl (C=O) groups is 6. The molecular formula is C42H54N6O8. The van der Waals surface area contributed by atoms with Crippen molar-refractivity contribution in [3.63, 3.8) is 0 Å². The van der Waals surface area contributed by atoms with Gasteiger partial charge >= 0.3 is 12.2 Å². The van der Waals surface area contributed by atoms with E-state index in [0.29, 0.717) is 37.3 Å². The van der Waals surface area contributed by atoms with Crippen LogP contribution in [-0.2, 0) is 28.7 Å². The maximum Gasteiger partial charge on any atom is 0.410 e. The molecule has 0 unspecified atom stereocenters. The number of carbonyl (C=O) groups excluding carboxylic acids is 6. The van der Waals surface area contributed by atoms with Crippen molar-refractivity contribution in [3.8, 4) is 0 Å². The molecule has 4 aliphatic rings. The van der Waals surface area contributed by atoms with Crippen LogP contribution in [0.25, 0.3) is 12.2 Å². The molecule has 2 aromatic carbocycles. The van der Waals surface area contributed by atoms with Crippen molar-refractivity contribution < 1.29 is 38.2 Å². The highest BCUT2D eigenvalue weighted by atomic mass is 16.6. The van der Waals surface area contributed by atoms with Crippen LogP contribution in [0.5, 0.6) is 0 Å². The molecular weight excluding hydrogens is 716 g/mol. The van der Waals surface area contributed by atoms with Crippen molar-refractivity contribution in [3.05, 3.63) is 59.7 Å². The quantitative estimate of drug-likeness (QED) is 0.336. The molecule has 0 aromatic heterocycles. The van der Waals surface area contributed by atoms with Crippen LogP contribution < -0.4 is 10.6 Å². The summed E-state index contributed by atoms with van der Waals surface area (Å²) in [6.07, 6.45) is 5.67. The topological polar surface area (TPSA) is 158 Å². The predicted octanol–water partition coefficient (Wildman–Crippen LogP) is 5.45. The second kappa shape index (κ2) is 16.4. The molecule has 14 heteroatoms. The minimum atomic E-state index is -0.605. The highest BCUT2D eigenvalue weighted by Gasteiger charge is 2.45. The van der Waals surface area contributed by atoms with Crippen LogP contribution in [-0.4, -0.2) is 118 Å². The molecule has 2 N–H and O–H groups in total. The van der Waals surface area contributed by atoms with E-state index in [1.54, 1.807) is 51.3 Å². The smallest absolute Gasteiger partial charge is 0.410 e. The number of benzene rings is 2. The molecule has 6 rings (SSSR count). The van der Waals surface area contributed by atoms with E-state index in [9.17, 15) is 28.8 Å². The van der Waals surface area contributed by atoms with Gasteiger partial charge in [0.15, 0.2) is 0 Å². The predicted molar refractivity (Wildman–Crippen MR) is 211 cm³/mol. The van der Waals surface area contributed by atoms with E-state index in [0.717, 1.165) is 24.0 Å². The van der Waals surface area contributed by atoms with Gasteiger partial charge in [0, 0.05) is 50.6 Å². The summed E-state index contributed by atoms with van der Waals surface area (Å²) in [6, 6.07) is 13.7. The molecule has 4 saturated heterocycles. The first-order valence-electron chi connectivity index (χ1n) is 19.5. The zero-order chi connectivity index (χ0) is 40.4. The Morgan fingerprint density at radius 1 is 0.571 bits per heavy atom. The van der Waals surface area contributed by atoms with Crippen molar-refractivity contribution in [2.75, 3.05) is 49.9 Å². The maximum atomic E-state index is 13.2. The van der Waals surface area contributed by atoms with Gasteiger partial charge in [0.05, 0.1) is 11.8 Å². The van der Waals surface area contributed by atoms with Gasteiger partial charge in [-0.3, -0.25) is 19.2 Å². The summed E-state index contributed by atoms with van der Waals surface area (Å²) in [5.41, 5.74) is 1.89. The van der Waals surface area contributed by atoms with Gasteiger partial charge in [0.1, 0.15) is 23.3 Å². The Morgan fingerprint density at radius 2 is 0.911 bits per heavy atom. The molecule has 14 nitrogen and oxygen atoms in total. The van der Waals surface area contributed by atoms with Crippen molar-refractivity contribution in [1.82, 2.24) is 19.6 Å². The van der Waals surface area contributed by atoms with E-state index < -0.39 is 35.5 Å². The summed E-state index contributed by atoms with van der Waals surface area (Å²) in [6.45, 7) is 13.0. The molecule has 0 aliphatic carbocycles. The van der Waals surface area contributed by atoms with Crippen molar-refractivity contribution in [2.24, 2.45) is 11.8 Å². The van der Waals surface area contributed by atoms with Gasteiger partial charge in [-0.1, -0.05) is 36.4 Å². The first-order valence-corrected chi connectivity index (χ1v) is 19.5. The zero-order valence-electron chi connectivity index (χ0n) is 33.2. The Balaban J connectivity index is 0.943. The average molecular weight is 771 g/mol. The lowest BCUT2D eigenvalue weighted by Crippen LogP contribution is -2.58. The van der Waals surface area contributed by atoms with E-state index >= 15 is 0 Å². The standard InChI is InChI=1S/C42H54N6O8/c1-41(2,3)55-39(53)45-23-29(24-45)37(51)47-21-7-9-33(47)35(49)43-31-17-13-27(14-18-31)11-12-28-15-19-32(20-16-28)44-36(50)34-10-8-22-48(34)38(52)30-25-46(26-30)40(54)56-42(4,5)6/h11-20,29-30,33-34H,7-10,21-26H2,1-6H3,(H,43,49)(H,44,50)/b12-11+/t33-,34-/m0/s1. The van der Waals surface area contributed by atoms with Crippen molar-refractivity contribution in [2.45, 2.75) is 90.5 Å². The number of nitrogens with one attached hydrogen (secondary N) is 2. The Bertz CT molecular complexity index is 1700. The number of hydrogen-bond acceptors (Lipinski definition) is 8.